The molecule has 1 fully saturated rings. The molecule has 1 aromatic carbocycles. The van der Waals surface area contributed by atoms with Crippen molar-refractivity contribution in [2.45, 2.75) is 18.9 Å². The van der Waals surface area contributed by atoms with Crippen LogP contribution in [0.1, 0.15) is 18.4 Å². The van der Waals surface area contributed by atoms with Gasteiger partial charge in [0.1, 0.15) is 0 Å². The smallest absolute Gasteiger partial charge is 0.270 e. The number of nitrogens with zero attached hydrogens (tertiary/aromatic N) is 1. The number of hydrogen-bond acceptors (Lipinski definition) is 4. The molecule has 0 aliphatic carbocycles. The summed E-state index contributed by atoms with van der Waals surface area (Å²) in [5, 5.41) is 13.5. The number of rotatable bonds is 4. The van der Waals surface area contributed by atoms with Crippen molar-refractivity contribution in [2.24, 2.45) is 0 Å². The van der Waals surface area contributed by atoms with Gasteiger partial charge in [0.15, 0.2) is 0 Å². The van der Waals surface area contributed by atoms with Gasteiger partial charge in [-0.3, -0.25) is 10.1 Å². The van der Waals surface area contributed by atoms with Crippen molar-refractivity contribution >= 4 is 11.4 Å². The highest BCUT2D eigenvalue weighted by atomic mass is 19.3. The standard InChI is InChI=1S/C11H12F2N2O3/c12-11(13)9-5-8(15(16)17)1-2-10(9)14-7-3-4-18-6-7/h1-2,5,7,11,14H,3-4,6H2. The third-order valence-corrected chi connectivity index (χ3v) is 2.77. The lowest BCUT2D eigenvalue weighted by molar-refractivity contribution is -0.385. The summed E-state index contributed by atoms with van der Waals surface area (Å²) in [4.78, 5) is 9.87. The number of ether oxygens (including phenoxy) is 1. The van der Waals surface area contributed by atoms with Crippen molar-refractivity contribution in [3.8, 4) is 0 Å². The topological polar surface area (TPSA) is 64.4 Å². The lowest BCUT2D eigenvalue weighted by Gasteiger charge is -2.15. The maximum Gasteiger partial charge on any atom is 0.270 e. The van der Waals surface area contributed by atoms with Crippen LogP contribution in [0.25, 0.3) is 0 Å². The van der Waals surface area contributed by atoms with E-state index in [1.165, 1.54) is 12.1 Å². The van der Waals surface area contributed by atoms with E-state index >= 15 is 0 Å². The predicted molar refractivity (Wildman–Crippen MR) is 60.9 cm³/mol. The van der Waals surface area contributed by atoms with Crippen LogP contribution >= 0.6 is 0 Å². The Labute approximate surface area is 102 Å². The maximum absolute atomic E-state index is 12.9. The summed E-state index contributed by atoms with van der Waals surface area (Å²) in [6.45, 7) is 1.05. The van der Waals surface area contributed by atoms with Crippen LogP contribution in [0.15, 0.2) is 18.2 Å². The molecule has 0 aromatic heterocycles. The van der Waals surface area contributed by atoms with Gasteiger partial charge >= 0.3 is 0 Å². The molecule has 7 heteroatoms. The van der Waals surface area contributed by atoms with Crippen LogP contribution < -0.4 is 5.32 Å². The van der Waals surface area contributed by atoms with E-state index < -0.39 is 11.3 Å². The molecule has 0 bridgehead atoms. The molecular weight excluding hydrogens is 246 g/mol. The molecule has 0 saturated carbocycles. The largest absolute Gasteiger partial charge is 0.380 e. The number of nitro benzene ring substituents is 1. The molecule has 0 amide bonds. The van der Waals surface area contributed by atoms with Crippen LogP contribution in [0.3, 0.4) is 0 Å². The van der Waals surface area contributed by atoms with Crippen LogP contribution in [0.4, 0.5) is 20.2 Å². The van der Waals surface area contributed by atoms with Crippen LogP contribution in [0.2, 0.25) is 0 Å². The molecule has 98 valence electrons. The van der Waals surface area contributed by atoms with E-state index in [-0.39, 0.29) is 23.0 Å². The molecule has 1 heterocycles. The number of anilines is 1. The highest BCUT2D eigenvalue weighted by Gasteiger charge is 2.21. The maximum atomic E-state index is 12.9. The number of nitrogens with one attached hydrogen (secondary N) is 1. The monoisotopic (exact) mass is 258 g/mol. The fourth-order valence-corrected chi connectivity index (χ4v) is 1.84. The Bertz CT molecular complexity index is 448. The predicted octanol–water partition coefficient (Wildman–Crippen LogP) is 2.73. The minimum Gasteiger partial charge on any atom is -0.380 e. The number of nitro groups is 1. The first-order chi connectivity index (χ1) is 8.58. The van der Waals surface area contributed by atoms with Crippen molar-refractivity contribution in [1.29, 1.82) is 0 Å². The Morgan fingerprint density at radius 1 is 1.50 bits per heavy atom. The zero-order chi connectivity index (χ0) is 13.1. The molecule has 1 N–H and O–H groups in total. The highest BCUT2D eigenvalue weighted by molar-refractivity contribution is 5.57. The molecule has 1 aliphatic rings. The third kappa shape index (κ3) is 2.73. The molecule has 1 atom stereocenters. The second-order valence-electron chi connectivity index (χ2n) is 4.03. The van der Waals surface area contributed by atoms with Crippen molar-refractivity contribution in [2.75, 3.05) is 18.5 Å². The fraction of sp³-hybridized carbons (Fsp3) is 0.455. The highest BCUT2D eigenvalue weighted by Crippen LogP contribution is 2.31. The van der Waals surface area contributed by atoms with Gasteiger partial charge in [-0.15, -0.1) is 0 Å². The number of hydrogen-bond donors (Lipinski definition) is 1. The van der Waals surface area contributed by atoms with E-state index in [9.17, 15) is 18.9 Å². The first-order valence-electron chi connectivity index (χ1n) is 5.48. The lowest BCUT2D eigenvalue weighted by Crippen LogP contribution is -2.20. The first-order valence-corrected chi connectivity index (χ1v) is 5.48. The van der Waals surface area contributed by atoms with E-state index in [1.807, 2.05) is 0 Å². The van der Waals surface area contributed by atoms with E-state index in [4.69, 9.17) is 4.74 Å². The molecule has 2 rings (SSSR count). The van der Waals surface area contributed by atoms with Gasteiger partial charge in [-0.2, -0.15) is 0 Å². The number of halogens is 2. The quantitative estimate of drug-likeness (QED) is 0.666. The normalized spacial score (nSPS) is 19.2. The Hall–Kier alpha value is -1.76. The second-order valence-corrected chi connectivity index (χ2v) is 4.03. The lowest BCUT2D eigenvalue weighted by atomic mass is 10.1. The van der Waals surface area contributed by atoms with Crippen LogP contribution in [0, 0.1) is 10.1 Å². The molecule has 1 unspecified atom stereocenters. The van der Waals surface area contributed by atoms with E-state index in [1.54, 1.807) is 0 Å². The number of benzene rings is 1. The van der Waals surface area contributed by atoms with Gasteiger partial charge in [0.05, 0.1) is 17.6 Å². The number of non-ortho nitro benzene ring substituents is 1. The molecule has 0 radical (unpaired) electrons. The summed E-state index contributed by atoms with van der Waals surface area (Å²) in [7, 11) is 0. The van der Waals surface area contributed by atoms with Gasteiger partial charge in [-0.25, -0.2) is 8.78 Å². The fourth-order valence-electron chi connectivity index (χ4n) is 1.84. The van der Waals surface area contributed by atoms with Crippen molar-refractivity contribution in [1.82, 2.24) is 0 Å². The van der Waals surface area contributed by atoms with Crippen molar-refractivity contribution in [3.05, 3.63) is 33.9 Å². The summed E-state index contributed by atoms with van der Waals surface area (Å²) >= 11 is 0. The molecule has 5 nitrogen and oxygen atoms in total. The summed E-state index contributed by atoms with van der Waals surface area (Å²) in [6.07, 6.45) is -2.02. The van der Waals surface area contributed by atoms with Crippen molar-refractivity contribution < 1.29 is 18.4 Å². The Kier molecular flexibility index (Phi) is 3.71. The Balaban J connectivity index is 2.25. The number of alkyl halides is 2. The third-order valence-electron chi connectivity index (χ3n) is 2.77. The Morgan fingerprint density at radius 2 is 2.28 bits per heavy atom. The molecule has 1 saturated heterocycles. The summed E-state index contributed by atoms with van der Waals surface area (Å²) < 4.78 is 30.8. The van der Waals surface area contributed by atoms with Gasteiger partial charge in [-0.05, 0) is 12.5 Å². The van der Waals surface area contributed by atoms with Gasteiger partial charge in [0.25, 0.3) is 12.1 Å². The summed E-state index contributed by atoms with van der Waals surface area (Å²) in [5.41, 5.74) is -0.458. The average Bonchev–Trinajstić information content (AvgIpc) is 2.81. The Morgan fingerprint density at radius 3 is 2.83 bits per heavy atom. The van der Waals surface area contributed by atoms with E-state index in [0.29, 0.717) is 13.2 Å². The minimum absolute atomic E-state index is 0.0241. The summed E-state index contributed by atoms with van der Waals surface area (Å²) in [6, 6.07) is 3.41. The van der Waals surface area contributed by atoms with Gasteiger partial charge in [0, 0.05) is 30.0 Å². The van der Waals surface area contributed by atoms with Crippen LogP contribution in [-0.2, 0) is 4.74 Å². The van der Waals surface area contributed by atoms with E-state index in [0.717, 1.165) is 12.5 Å². The van der Waals surface area contributed by atoms with Gasteiger partial charge < -0.3 is 10.1 Å². The molecular formula is C11H12F2N2O3. The molecule has 1 aromatic rings. The van der Waals surface area contributed by atoms with E-state index in [2.05, 4.69) is 5.32 Å². The average molecular weight is 258 g/mol. The zero-order valence-electron chi connectivity index (χ0n) is 9.44. The second kappa shape index (κ2) is 5.26. The molecule has 1 aliphatic heterocycles. The zero-order valence-corrected chi connectivity index (χ0v) is 9.44. The SMILES string of the molecule is O=[N+]([O-])c1ccc(NC2CCOC2)c(C(F)F)c1. The summed E-state index contributed by atoms with van der Waals surface area (Å²) in [5.74, 6) is 0. The van der Waals surface area contributed by atoms with Gasteiger partial charge in [-0.1, -0.05) is 0 Å². The first kappa shape index (κ1) is 12.7. The van der Waals surface area contributed by atoms with Crippen molar-refractivity contribution in [3.63, 3.8) is 0 Å². The molecule has 0 spiro atoms. The van der Waals surface area contributed by atoms with Crippen LogP contribution in [-0.4, -0.2) is 24.2 Å². The van der Waals surface area contributed by atoms with Crippen LogP contribution in [0.5, 0.6) is 0 Å². The molecule has 18 heavy (non-hydrogen) atoms. The minimum atomic E-state index is -2.75. The van der Waals surface area contributed by atoms with Gasteiger partial charge in [0.2, 0.25) is 0 Å².